The average Bonchev–Trinajstić information content (AvgIpc) is 2.10. The lowest BCUT2D eigenvalue weighted by Crippen LogP contribution is -2.39. The number of aliphatic hydroxyl groups is 1. The van der Waals surface area contributed by atoms with Crippen LogP contribution in [0.1, 0.15) is 13.3 Å². The highest BCUT2D eigenvalue weighted by Gasteiger charge is 2.18. The zero-order chi connectivity index (χ0) is 11.1. The van der Waals surface area contributed by atoms with Gasteiger partial charge in [-0.1, -0.05) is 0 Å². The second-order valence-corrected chi connectivity index (χ2v) is 4.72. The van der Waals surface area contributed by atoms with Gasteiger partial charge >= 0.3 is 5.97 Å². The maximum absolute atomic E-state index is 10.9. The molecule has 0 heterocycles. The van der Waals surface area contributed by atoms with Crippen LogP contribution in [-0.4, -0.2) is 40.6 Å². The zero-order valence-electron chi connectivity index (χ0n) is 7.82. The van der Waals surface area contributed by atoms with E-state index in [0.717, 1.165) is 0 Å². The van der Waals surface area contributed by atoms with Crippen LogP contribution in [0.4, 0.5) is 0 Å². The average molecular weight is 223 g/mol. The summed E-state index contributed by atoms with van der Waals surface area (Å²) >= 11 is 0. The van der Waals surface area contributed by atoms with Gasteiger partial charge in [0.15, 0.2) is 0 Å². The molecule has 0 aliphatic carbocycles. The quantitative estimate of drug-likeness (QED) is 0.525. The molecule has 0 rings (SSSR count). The summed E-state index contributed by atoms with van der Waals surface area (Å²) in [4.78, 5) is 21.1. The van der Waals surface area contributed by atoms with Crippen molar-refractivity contribution in [3.8, 4) is 0 Å². The van der Waals surface area contributed by atoms with E-state index in [1.54, 1.807) is 0 Å². The van der Waals surface area contributed by atoms with E-state index in [-0.39, 0.29) is 12.6 Å². The van der Waals surface area contributed by atoms with Crippen molar-refractivity contribution < 1.29 is 24.4 Å². The number of carbonyl (C=O) groups is 2. The van der Waals surface area contributed by atoms with Crippen molar-refractivity contribution in [2.24, 2.45) is 0 Å². The van der Waals surface area contributed by atoms with E-state index in [1.165, 1.54) is 6.92 Å². The summed E-state index contributed by atoms with van der Waals surface area (Å²) in [7, 11) is -2.10. The Hall–Kier alpha value is -0.870. The third kappa shape index (κ3) is 5.72. The predicted molar refractivity (Wildman–Crippen MR) is 50.8 cm³/mol. The molecule has 3 N–H and O–H groups in total. The number of carboxylic acids is 1. The Kier molecular flexibility index (Phi) is 6.16. The van der Waals surface area contributed by atoms with Crippen molar-refractivity contribution in [2.75, 3.05) is 12.5 Å². The van der Waals surface area contributed by atoms with Gasteiger partial charge in [0.1, 0.15) is 13.8 Å². The highest BCUT2D eigenvalue weighted by atomic mass is 31.1. The van der Waals surface area contributed by atoms with Crippen LogP contribution in [-0.2, 0) is 14.2 Å². The van der Waals surface area contributed by atoms with Crippen molar-refractivity contribution in [2.45, 2.75) is 19.4 Å². The van der Waals surface area contributed by atoms with Crippen molar-refractivity contribution in [1.82, 2.24) is 5.32 Å². The van der Waals surface area contributed by atoms with E-state index in [9.17, 15) is 14.2 Å². The second kappa shape index (κ2) is 6.56. The van der Waals surface area contributed by atoms with Crippen LogP contribution in [0, 0.1) is 0 Å². The molecule has 0 aliphatic rings. The summed E-state index contributed by atoms with van der Waals surface area (Å²) in [5.41, 5.74) is 0. The molecule has 1 amide bonds. The Balaban J connectivity index is 4.04. The van der Waals surface area contributed by atoms with Crippen LogP contribution >= 0.6 is 7.80 Å². The van der Waals surface area contributed by atoms with E-state index >= 15 is 0 Å². The largest absolute Gasteiger partial charge is 0.480 e. The Morgan fingerprint density at radius 3 is 2.43 bits per heavy atom. The fourth-order valence-electron chi connectivity index (χ4n) is 0.887. The monoisotopic (exact) mass is 223 g/mol. The number of aliphatic carboxylic acids is 1. The highest BCUT2D eigenvalue weighted by Crippen LogP contribution is 2.19. The molecule has 14 heavy (non-hydrogen) atoms. The zero-order valence-corrected chi connectivity index (χ0v) is 8.82. The smallest absolute Gasteiger partial charge is 0.326 e. The van der Waals surface area contributed by atoms with Crippen LogP contribution < -0.4 is 5.32 Å². The van der Waals surface area contributed by atoms with Gasteiger partial charge in [-0.3, -0.25) is 4.79 Å². The Labute approximate surface area is 82.1 Å². The molecule has 0 aromatic rings. The lowest BCUT2D eigenvalue weighted by Gasteiger charge is -2.12. The predicted octanol–water partition coefficient (Wildman–Crippen LogP) is -0.525. The first-order chi connectivity index (χ1) is 6.47. The number of hydrogen-bond donors (Lipinski definition) is 3. The van der Waals surface area contributed by atoms with Gasteiger partial charge in [-0.05, 0) is 6.42 Å². The minimum atomic E-state index is -2.10. The fourth-order valence-corrected chi connectivity index (χ4v) is 1.66. The SMILES string of the molecule is CC(=O)N[C@H](CC[PH](=O)CO)C(=O)O. The lowest BCUT2D eigenvalue weighted by molar-refractivity contribution is -0.141. The van der Waals surface area contributed by atoms with Crippen molar-refractivity contribution in [1.29, 1.82) is 0 Å². The molecule has 82 valence electrons. The van der Waals surface area contributed by atoms with E-state index in [2.05, 4.69) is 5.32 Å². The Morgan fingerprint density at radius 1 is 1.50 bits per heavy atom. The highest BCUT2D eigenvalue weighted by molar-refractivity contribution is 7.44. The molecule has 7 heteroatoms. The molecule has 0 fully saturated rings. The third-order valence-electron chi connectivity index (χ3n) is 1.56. The lowest BCUT2D eigenvalue weighted by atomic mass is 10.2. The molecule has 0 spiro atoms. The van der Waals surface area contributed by atoms with Crippen molar-refractivity contribution in [3.05, 3.63) is 0 Å². The number of hydrogen-bond acceptors (Lipinski definition) is 4. The molecule has 1 unspecified atom stereocenters. The number of amides is 1. The van der Waals surface area contributed by atoms with Gasteiger partial charge in [-0.2, -0.15) is 0 Å². The van der Waals surface area contributed by atoms with Gasteiger partial charge in [0.05, 0.1) is 6.35 Å². The van der Waals surface area contributed by atoms with E-state index in [4.69, 9.17) is 10.2 Å². The van der Waals surface area contributed by atoms with E-state index in [1.807, 2.05) is 0 Å². The molecule has 0 radical (unpaired) electrons. The summed E-state index contributed by atoms with van der Waals surface area (Å²) in [5, 5.41) is 19.3. The number of rotatable bonds is 6. The molecule has 0 saturated heterocycles. The molecule has 0 saturated carbocycles. The molecule has 0 aliphatic heterocycles. The van der Waals surface area contributed by atoms with Crippen LogP contribution in [0.25, 0.3) is 0 Å². The third-order valence-corrected chi connectivity index (χ3v) is 2.76. The molecular weight excluding hydrogens is 209 g/mol. The van der Waals surface area contributed by atoms with Crippen LogP contribution in [0.5, 0.6) is 0 Å². The van der Waals surface area contributed by atoms with Crippen LogP contribution in [0.15, 0.2) is 0 Å². The standard InChI is InChI=1S/C7H14NO5P/c1-5(10)8-6(7(11)12)2-3-14(13)4-9/h6,9,14H,2-4H2,1H3,(H,8,10)(H,11,12)/t6-/m1/s1. The molecule has 0 aromatic heterocycles. The van der Waals surface area contributed by atoms with Gasteiger partial charge in [-0.25, -0.2) is 4.79 Å². The van der Waals surface area contributed by atoms with Crippen LogP contribution in [0.3, 0.4) is 0 Å². The Morgan fingerprint density at radius 2 is 2.07 bits per heavy atom. The van der Waals surface area contributed by atoms with E-state index in [0.29, 0.717) is 0 Å². The maximum atomic E-state index is 10.9. The first-order valence-electron chi connectivity index (χ1n) is 4.09. The molecular formula is C7H14NO5P. The summed E-state index contributed by atoms with van der Waals surface area (Å²) in [6.07, 6.45) is -0.219. The summed E-state index contributed by atoms with van der Waals surface area (Å²) < 4.78 is 10.9. The molecule has 2 atom stereocenters. The fraction of sp³-hybridized carbons (Fsp3) is 0.714. The van der Waals surface area contributed by atoms with Crippen molar-refractivity contribution in [3.63, 3.8) is 0 Å². The van der Waals surface area contributed by atoms with Gasteiger partial charge in [0.25, 0.3) is 0 Å². The first kappa shape index (κ1) is 13.1. The topological polar surface area (TPSA) is 104 Å². The maximum Gasteiger partial charge on any atom is 0.326 e. The first-order valence-corrected chi connectivity index (χ1v) is 5.92. The molecule has 0 aromatic carbocycles. The summed E-state index contributed by atoms with van der Waals surface area (Å²) in [6, 6.07) is -1.02. The number of carboxylic acid groups (broad SMARTS) is 1. The van der Waals surface area contributed by atoms with E-state index < -0.39 is 32.1 Å². The number of aliphatic hydroxyl groups excluding tert-OH is 1. The van der Waals surface area contributed by atoms with Crippen molar-refractivity contribution >= 4 is 19.7 Å². The number of nitrogens with one attached hydrogen (secondary N) is 1. The molecule has 6 nitrogen and oxygen atoms in total. The van der Waals surface area contributed by atoms with Gasteiger partial charge < -0.3 is 20.1 Å². The normalized spacial score (nSPS) is 14.4. The van der Waals surface area contributed by atoms with Crippen LogP contribution in [0.2, 0.25) is 0 Å². The minimum absolute atomic E-state index is 0.0767. The number of carbonyl (C=O) groups excluding carboxylic acids is 1. The molecule has 0 bridgehead atoms. The minimum Gasteiger partial charge on any atom is -0.480 e. The second-order valence-electron chi connectivity index (χ2n) is 2.83. The Bertz CT molecular complexity index is 242. The van der Waals surface area contributed by atoms with Gasteiger partial charge in [0.2, 0.25) is 5.91 Å². The van der Waals surface area contributed by atoms with Gasteiger partial charge in [0, 0.05) is 13.1 Å². The van der Waals surface area contributed by atoms with Gasteiger partial charge in [-0.15, -0.1) is 0 Å². The summed E-state index contributed by atoms with van der Waals surface area (Å²) in [5.74, 6) is -1.60. The summed E-state index contributed by atoms with van der Waals surface area (Å²) in [6.45, 7) is 1.21.